The molecule has 0 aliphatic carbocycles. The molecule has 0 N–H and O–H groups in total. The van der Waals surface area contributed by atoms with E-state index < -0.39 is 0 Å². The van der Waals surface area contributed by atoms with Crippen LogP contribution in [0, 0.1) is 20.8 Å². The number of aryl methyl sites for hydroxylation is 3. The smallest absolute Gasteiger partial charge is 0.244 e. The highest BCUT2D eigenvalue weighted by atomic mass is 32.1. The van der Waals surface area contributed by atoms with Crippen LogP contribution in [0.3, 0.4) is 0 Å². The highest BCUT2D eigenvalue weighted by Crippen LogP contribution is 2.37. The fourth-order valence-electron chi connectivity index (χ4n) is 3.16. The third-order valence-corrected chi connectivity index (χ3v) is 5.96. The number of likely N-dealkylation sites (tertiary alicyclic amines) is 1. The largest absolute Gasteiger partial charge is 0.341 e. The van der Waals surface area contributed by atoms with Crippen LogP contribution in [0.5, 0.6) is 0 Å². The zero-order valence-electron chi connectivity index (χ0n) is 14.3. The van der Waals surface area contributed by atoms with Crippen LogP contribution >= 0.6 is 11.3 Å². The topological polar surface area (TPSA) is 51.0 Å². The lowest BCUT2D eigenvalue weighted by Crippen LogP contribution is -2.45. The standard InChI is InChI=1S/C17H24N4OS/c1-12-9-13(2)21(19-12)11-15(22)20-7-5-17(4,6-8-20)16-18-10-14(3)23-16/h9-10H,5-8,11H2,1-4H3. The lowest BCUT2D eigenvalue weighted by molar-refractivity contribution is -0.133. The summed E-state index contributed by atoms with van der Waals surface area (Å²) in [5, 5.41) is 5.59. The molecule has 0 radical (unpaired) electrons. The average molecular weight is 332 g/mol. The molecule has 0 saturated carbocycles. The maximum absolute atomic E-state index is 12.5. The molecule has 3 heterocycles. The van der Waals surface area contributed by atoms with Gasteiger partial charge in [-0.05, 0) is 39.7 Å². The lowest BCUT2D eigenvalue weighted by atomic mass is 9.81. The molecule has 5 nitrogen and oxygen atoms in total. The number of aromatic nitrogens is 3. The van der Waals surface area contributed by atoms with Crippen molar-refractivity contribution in [2.24, 2.45) is 0 Å². The summed E-state index contributed by atoms with van der Waals surface area (Å²) in [6.07, 6.45) is 3.90. The molecule has 1 aliphatic rings. The molecule has 0 bridgehead atoms. The van der Waals surface area contributed by atoms with Crippen LogP contribution in [-0.4, -0.2) is 38.7 Å². The van der Waals surface area contributed by atoms with Gasteiger partial charge in [0, 0.05) is 35.3 Å². The number of amides is 1. The predicted molar refractivity (Wildman–Crippen MR) is 91.7 cm³/mol. The van der Waals surface area contributed by atoms with Crippen LogP contribution in [0.2, 0.25) is 0 Å². The maximum Gasteiger partial charge on any atom is 0.244 e. The number of piperidine rings is 1. The fraction of sp³-hybridized carbons (Fsp3) is 0.588. The first-order valence-corrected chi connectivity index (χ1v) is 8.91. The quantitative estimate of drug-likeness (QED) is 0.868. The van der Waals surface area contributed by atoms with E-state index in [4.69, 9.17) is 0 Å². The van der Waals surface area contributed by atoms with E-state index in [0.29, 0.717) is 6.54 Å². The zero-order valence-corrected chi connectivity index (χ0v) is 15.1. The Morgan fingerprint density at radius 3 is 2.52 bits per heavy atom. The third-order valence-electron chi connectivity index (χ3n) is 4.75. The lowest BCUT2D eigenvalue weighted by Gasteiger charge is -2.38. The van der Waals surface area contributed by atoms with Gasteiger partial charge in [0.05, 0.1) is 10.7 Å². The SMILES string of the molecule is Cc1cc(C)n(CC(=O)N2CCC(C)(c3ncc(C)s3)CC2)n1. The van der Waals surface area contributed by atoms with Crippen LogP contribution in [0.4, 0.5) is 0 Å². The number of hydrogen-bond acceptors (Lipinski definition) is 4. The molecular weight excluding hydrogens is 308 g/mol. The van der Waals surface area contributed by atoms with Gasteiger partial charge in [-0.3, -0.25) is 9.48 Å². The monoisotopic (exact) mass is 332 g/mol. The second-order valence-electron chi connectivity index (χ2n) is 6.80. The van der Waals surface area contributed by atoms with E-state index in [-0.39, 0.29) is 11.3 Å². The van der Waals surface area contributed by atoms with Crippen LogP contribution in [0.15, 0.2) is 12.3 Å². The minimum Gasteiger partial charge on any atom is -0.341 e. The van der Waals surface area contributed by atoms with Crippen LogP contribution in [0.25, 0.3) is 0 Å². The van der Waals surface area contributed by atoms with Crippen molar-refractivity contribution >= 4 is 17.2 Å². The molecule has 0 atom stereocenters. The summed E-state index contributed by atoms with van der Waals surface area (Å²) in [5.41, 5.74) is 2.10. The molecule has 23 heavy (non-hydrogen) atoms. The second-order valence-corrected chi connectivity index (χ2v) is 8.04. The van der Waals surface area contributed by atoms with E-state index in [9.17, 15) is 4.79 Å². The van der Waals surface area contributed by atoms with Gasteiger partial charge >= 0.3 is 0 Å². The summed E-state index contributed by atoms with van der Waals surface area (Å²) in [5.74, 6) is 0.161. The average Bonchev–Trinajstić information content (AvgIpc) is 3.06. The number of carbonyl (C=O) groups excluding carboxylic acids is 1. The Balaban J connectivity index is 1.62. The van der Waals surface area contributed by atoms with E-state index in [0.717, 1.165) is 37.3 Å². The van der Waals surface area contributed by atoms with Gasteiger partial charge in [0.25, 0.3) is 0 Å². The first kappa shape index (κ1) is 16.2. The Morgan fingerprint density at radius 1 is 1.30 bits per heavy atom. The Hall–Kier alpha value is -1.69. The highest BCUT2D eigenvalue weighted by Gasteiger charge is 2.35. The maximum atomic E-state index is 12.5. The van der Waals surface area contributed by atoms with Gasteiger partial charge < -0.3 is 4.90 Å². The zero-order chi connectivity index (χ0) is 16.6. The molecule has 0 unspecified atom stereocenters. The van der Waals surface area contributed by atoms with Crippen LogP contribution in [0.1, 0.15) is 41.0 Å². The van der Waals surface area contributed by atoms with E-state index in [1.807, 2.05) is 31.0 Å². The van der Waals surface area contributed by atoms with Gasteiger partial charge in [0.15, 0.2) is 0 Å². The van der Waals surface area contributed by atoms with E-state index in [1.54, 1.807) is 16.0 Å². The number of thiazole rings is 1. The van der Waals surface area contributed by atoms with Crippen molar-refractivity contribution in [3.8, 4) is 0 Å². The summed E-state index contributed by atoms with van der Waals surface area (Å²) in [6.45, 7) is 10.3. The van der Waals surface area contributed by atoms with Crippen molar-refractivity contribution in [2.75, 3.05) is 13.1 Å². The molecule has 2 aromatic heterocycles. The first-order valence-electron chi connectivity index (χ1n) is 8.09. The van der Waals surface area contributed by atoms with Crippen molar-refractivity contribution in [1.29, 1.82) is 0 Å². The van der Waals surface area contributed by atoms with Gasteiger partial charge in [-0.1, -0.05) is 6.92 Å². The Labute approximate surface area is 141 Å². The molecule has 1 fully saturated rings. The van der Waals surface area contributed by atoms with Crippen LogP contribution in [-0.2, 0) is 16.8 Å². The first-order chi connectivity index (χ1) is 10.9. The van der Waals surface area contributed by atoms with Gasteiger partial charge in [0.2, 0.25) is 5.91 Å². The molecular formula is C17H24N4OS. The van der Waals surface area contributed by atoms with Crippen molar-refractivity contribution < 1.29 is 4.79 Å². The molecule has 1 aliphatic heterocycles. The number of hydrogen-bond donors (Lipinski definition) is 0. The van der Waals surface area contributed by atoms with Gasteiger partial charge in [-0.25, -0.2) is 4.98 Å². The summed E-state index contributed by atoms with van der Waals surface area (Å²) in [7, 11) is 0. The Bertz CT molecular complexity index is 710. The molecule has 0 spiro atoms. The molecule has 6 heteroatoms. The van der Waals surface area contributed by atoms with E-state index in [1.165, 1.54) is 9.88 Å². The molecule has 0 aromatic carbocycles. The van der Waals surface area contributed by atoms with Crippen molar-refractivity contribution in [3.63, 3.8) is 0 Å². The summed E-state index contributed by atoms with van der Waals surface area (Å²) >= 11 is 1.78. The van der Waals surface area contributed by atoms with Crippen molar-refractivity contribution in [1.82, 2.24) is 19.7 Å². The fourth-order valence-corrected chi connectivity index (χ4v) is 4.13. The van der Waals surface area contributed by atoms with Crippen LogP contribution < -0.4 is 0 Å². The Morgan fingerprint density at radius 2 is 2.00 bits per heavy atom. The van der Waals surface area contributed by atoms with Gasteiger partial charge in [0.1, 0.15) is 6.54 Å². The van der Waals surface area contributed by atoms with E-state index >= 15 is 0 Å². The summed E-state index contributed by atoms with van der Waals surface area (Å²) in [6, 6.07) is 2.01. The summed E-state index contributed by atoms with van der Waals surface area (Å²) < 4.78 is 1.80. The summed E-state index contributed by atoms with van der Waals surface area (Å²) in [4.78, 5) is 20.3. The second kappa shape index (κ2) is 6.07. The van der Waals surface area contributed by atoms with Gasteiger partial charge in [-0.15, -0.1) is 11.3 Å². The van der Waals surface area contributed by atoms with E-state index in [2.05, 4.69) is 23.9 Å². The van der Waals surface area contributed by atoms with Crippen molar-refractivity contribution in [3.05, 3.63) is 33.5 Å². The Kier molecular flexibility index (Phi) is 4.27. The third kappa shape index (κ3) is 3.32. The van der Waals surface area contributed by atoms with Gasteiger partial charge in [-0.2, -0.15) is 5.10 Å². The molecule has 2 aromatic rings. The highest BCUT2D eigenvalue weighted by molar-refractivity contribution is 7.11. The molecule has 124 valence electrons. The molecule has 3 rings (SSSR count). The van der Waals surface area contributed by atoms with Crippen molar-refractivity contribution in [2.45, 2.75) is 52.5 Å². The molecule has 1 saturated heterocycles. The minimum atomic E-state index is 0.105. The number of carbonyl (C=O) groups is 1. The number of rotatable bonds is 3. The predicted octanol–water partition coefficient (Wildman–Crippen LogP) is 2.85. The number of nitrogens with zero attached hydrogens (tertiary/aromatic N) is 4. The normalized spacial score (nSPS) is 17.5. The minimum absolute atomic E-state index is 0.105. The molecule has 1 amide bonds.